The Hall–Kier alpha value is 1.19. The maximum Gasteiger partial charge on any atom is 2.00 e. The van der Waals surface area contributed by atoms with E-state index in [0.29, 0.717) is 0 Å². The van der Waals surface area contributed by atoms with E-state index in [4.69, 9.17) is 20.4 Å². The average molecular weight is 395 g/mol. The van der Waals surface area contributed by atoms with Gasteiger partial charge in [0.05, 0.1) is 14.4 Å². The van der Waals surface area contributed by atoms with Crippen molar-refractivity contribution in [2.75, 3.05) is 13.2 Å². The summed E-state index contributed by atoms with van der Waals surface area (Å²) in [7, 11) is -5.31. The zero-order valence-corrected chi connectivity index (χ0v) is 14.0. The largest absolute Gasteiger partial charge is 2.00 e. The molecule has 3 atom stereocenters. The fourth-order valence-electron chi connectivity index (χ4n) is 0.761. The SMILES string of the molecule is O=C(CO)C(O)C(O)C(O)COP(=O)([O-])[O-].[Ba+2]. The molecule has 0 aromatic heterocycles. The molecule has 17 heavy (non-hydrogen) atoms. The number of hydrogen-bond acceptors (Lipinski definition) is 9. The minimum atomic E-state index is -5.31. The van der Waals surface area contributed by atoms with Crippen LogP contribution in [0.25, 0.3) is 0 Å². The molecule has 96 valence electrons. The van der Waals surface area contributed by atoms with E-state index in [-0.39, 0.29) is 48.9 Å². The van der Waals surface area contributed by atoms with E-state index in [9.17, 15) is 19.1 Å². The molecule has 0 aromatic rings. The summed E-state index contributed by atoms with van der Waals surface area (Å²) in [5.74, 6) is -1.17. The average Bonchev–Trinajstić information content (AvgIpc) is 2.21. The number of Topliss-reactive ketones (excluding diaryl/α,β-unsaturated/α-hetero) is 1. The van der Waals surface area contributed by atoms with Crippen LogP contribution in [0.5, 0.6) is 0 Å². The van der Waals surface area contributed by atoms with Crippen molar-refractivity contribution in [1.82, 2.24) is 0 Å². The third-order valence-electron chi connectivity index (χ3n) is 1.61. The van der Waals surface area contributed by atoms with Crippen molar-refractivity contribution in [3.8, 4) is 0 Å². The topological polar surface area (TPSA) is 170 Å². The predicted molar refractivity (Wildman–Crippen MR) is 49.4 cm³/mol. The maximum absolute atomic E-state index is 10.7. The van der Waals surface area contributed by atoms with Gasteiger partial charge in [-0.05, 0) is 0 Å². The molecule has 0 aliphatic heterocycles. The summed E-state index contributed by atoms with van der Waals surface area (Å²) in [6.45, 7) is -2.16. The smallest absolute Gasteiger partial charge is 0.790 e. The molecule has 0 amide bonds. The number of aliphatic hydroxyl groups excluding tert-OH is 4. The fourth-order valence-corrected chi connectivity index (χ4v) is 1.10. The molecule has 9 nitrogen and oxygen atoms in total. The summed E-state index contributed by atoms with van der Waals surface area (Å²) in [6, 6.07) is 0. The second-order valence-electron chi connectivity index (χ2n) is 2.87. The van der Waals surface area contributed by atoms with Crippen LogP contribution in [-0.4, -0.2) is 107 Å². The Morgan fingerprint density at radius 2 is 1.76 bits per heavy atom. The van der Waals surface area contributed by atoms with Crippen LogP contribution in [0.2, 0.25) is 0 Å². The number of carbonyl (C=O) groups is 1. The zero-order valence-electron chi connectivity index (χ0n) is 8.63. The van der Waals surface area contributed by atoms with E-state index in [1.165, 1.54) is 0 Å². The van der Waals surface area contributed by atoms with Gasteiger partial charge in [-0.25, -0.2) is 0 Å². The second kappa shape index (κ2) is 9.15. The molecule has 4 N–H and O–H groups in total. The molecule has 0 bridgehead atoms. The van der Waals surface area contributed by atoms with Gasteiger partial charge >= 0.3 is 48.9 Å². The molecule has 0 aliphatic carbocycles. The van der Waals surface area contributed by atoms with E-state index in [0.717, 1.165) is 0 Å². The van der Waals surface area contributed by atoms with Gasteiger partial charge in [0, 0.05) is 0 Å². The summed E-state index contributed by atoms with van der Waals surface area (Å²) >= 11 is 0. The summed E-state index contributed by atoms with van der Waals surface area (Å²) in [6.07, 6.45) is -6.12. The van der Waals surface area contributed by atoms with Gasteiger partial charge in [-0.3, -0.25) is 4.79 Å². The summed E-state index contributed by atoms with van der Waals surface area (Å²) < 4.78 is 13.6. The normalized spacial score (nSPS) is 16.8. The van der Waals surface area contributed by atoms with E-state index in [1.807, 2.05) is 0 Å². The van der Waals surface area contributed by atoms with Gasteiger partial charge in [0.15, 0.2) is 5.78 Å². The van der Waals surface area contributed by atoms with Gasteiger partial charge < -0.3 is 39.3 Å². The fraction of sp³-hybridized carbons (Fsp3) is 0.833. The first-order valence-corrected chi connectivity index (χ1v) is 5.49. The molecule has 0 aliphatic rings. The molecule has 11 heteroatoms. The second-order valence-corrected chi connectivity index (χ2v) is 4.02. The number of carbonyl (C=O) groups excluding carboxylic acids is 1. The molecule has 0 saturated carbocycles. The minimum absolute atomic E-state index is 0. The van der Waals surface area contributed by atoms with Crippen molar-refractivity contribution in [2.24, 2.45) is 0 Å². The molecule has 0 heterocycles. The third kappa shape index (κ3) is 8.83. The van der Waals surface area contributed by atoms with Gasteiger partial charge in [-0.1, -0.05) is 0 Å². The van der Waals surface area contributed by atoms with Crippen LogP contribution in [0.3, 0.4) is 0 Å². The molecule has 0 saturated heterocycles. The molecule has 0 aromatic carbocycles. The molecule has 0 spiro atoms. The van der Waals surface area contributed by atoms with Gasteiger partial charge in [0.1, 0.15) is 24.9 Å². The molecular formula is C6H11BaO9P. The number of phosphoric ester groups is 1. The number of rotatable bonds is 7. The van der Waals surface area contributed by atoms with E-state index in [1.54, 1.807) is 0 Å². The summed E-state index contributed by atoms with van der Waals surface area (Å²) in [4.78, 5) is 30.7. The van der Waals surface area contributed by atoms with Crippen molar-refractivity contribution in [3.05, 3.63) is 0 Å². The van der Waals surface area contributed by atoms with Crippen molar-refractivity contribution >= 4 is 62.5 Å². The van der Waals surface area contributed by atoms with Crippen LogP contribution in [0.4, 0.5) is 0 Å². The quantitative estimate of drug-likeness (QED) is 0.244. The molecular weight excluding hydrogens is 384 g/mol. The van der Waals surface area contributed by atoms with Crippen molar-refractivity contribution in [1.29, 1.82) is 0 Å². The van der Waals surface area contributed by atoms with E-state index < -0.39 is 45.1 Å². The molecule has 0 radical (unpaired) electrons. The summed E-state index contributed by atoms with van der Waals surface area (Å²) in [5.41, 5.74) is 0. The van der Waals surface area contributed by atoms with Gasteiger partial charge in [0.25, 0.3) is 0 Å². The van der Waals surface area contributed by atoms with Gasteiger partial charge in [0.2, 0.25) is 0 Å². The number of phosphoric acid groups is 1. The van der Waals surface area contributed by atoms with Crippen LogP contribution in [-0.2, 0) is 13.9 Å². The molecule has 0 fully saturated rings. The number of ketones is 1. The predicted octanol–water partition coefficient (Wildman–Crippen LogP) is -4.90. The maximum atomic E-state index is 10.7. The Balaban J connectivity index is 0. The first-order chi connectivity index (χ1) is 7.19. The van der Waals surface area contributed by atoms with Gasteiger partial charge in [-0.15, -0.1) is 0 Å². The number of aliphatic hydroxyl groups is 4. The van der Waals surface area contributed by atoms with Crippen molar-refractivity contribution < 1.29 is 44.1 Å². The Labute approximate surface area is 137 Å². The van der Waals surface area contributed by atoms with Crippen molar-refractivity contribution in [2.45, 2.75) is 18.3 Å². The van der Waals surface area contributed by atoms with Crippen LogP contribution >= 0.6 is 7.82 Å². The minimum Gasteiger partial charge on any atom is -0.790 e. The summed E-state index contributed by atoms with van der Waals surface area (Å²) in [5, 5.41) is 35.4. The first-order valence-electron chi connectivity index (χ1n) is 4.03. The Morgan fingerprint density at radius 1 is 1.29 bits per heavy atom. The third-order valence-corrected chi connectivity index (χ3v) is 2.07. The van der Waals surface area contributed by atoms with E-state index in [2.05, 4.69) is 4.52 Å². The standard InChI is InChI=1S/C6H13O9P.Ba/c7-1-3(8)5(10)6(11)4(9)2-15-16(12,13)14;/h4-7,9-11H,1-2H2,(H2,12,13,14);/q;+2/p-2. The Bertz CT molecular complexity index is 279. The van der Waals surface area contributed by atoms with Crippen LogP contribution in [0.1, 0.15) is 0 Å². The molecule has 0 rings (SSSR count). The Kier molecular flexibility index (Phi) is 11.0. The van der Waals surface area contributed by atoms with Crippen molar-refractivity contribution in [3.63, 3.8) is 0 Å². The molecule has 3 unspecified atom stereocenters. The van der Waals surface area contributed by atoms with Crippen LogP contribution < -0.4 is 9.79 Å². The Morgan fingerprint density at radius 3 is 2.12 bits per heavy atom. The monoisotopic (exact) mass is 396 g/mol. The van der Waals surface area contributed by atoms with Gasteiger partial charge in [-0.2, -0.15) is 0 Å². The van der Waals surface area contributed by atoms with Crippen LogP contribution in [0, 0.1) is 0 Å². The first kappa shape index (κ1) is 20.5. The van der Waals surface area contributed by atoms with Crippen LogP contribution in [0.15, 0.2) is 0 Å². The number of hydrogen-bond donors (Lipinski definition) is 4. The zero-order chi connectivity index (χ0) is 12.9. The van der Waals surface area contributed by atoms with E-state index >= 15 is 0 Å².